The van der Waals surface area contributed by atoms with E-state index in [0.717, 1.165) is 4.90 Å². The van der Waals surface area contributed by atoms with Gasteiger partial charge in [-0.15, -0.1) is 0 Å². The lowest BCUT2D eigenvalue weighted by Crippen LogP contribution is -2.45. The lowest BCUT2D eigenvalue weighted by molar-refractivity contribution is -0.143. The SMILES string of the molecule is CCOC(=O)CNC(=O)[C@@H](c1cc(OC)ccc1OC)N(C(=O)c1snc(C(N)=O)c1N)c1ccccc1OC. The third-order valence-electron chi connectivity index (χ3n) is 5.67. The average molecular weight is 572 g/mol. The molecule has 3 rings (SSSR count). The molecule has 3 aromatic rings. The Bertz CT molecular complexity index is 1410. The Morgan fingerprint density at radius 1 is 1.02 bits per heavy atom. The quantitative estimate of drug-likeness (QED) is 0.271. The summed E-state index contributed by atoms with van der Waals surface area (Å²) in [5.41, 5.74) is 11.3. The van der Waals surface area contributed by atoms with Crippen LogP contribution in [0.3, 0.4) is 0 Å². The van der Waals surface area contributed by atoms with E-state index in [9.17, 15) is 19.2 Å². The molecule has 1 aromatic heterocycles. The molecule has 212 valence electrons. The highest BCUT2D eigenvalue weighted by atomic mass is 32.1. The Balaban J connectivity index is 2.31. The number of para-hydroxylation sites is 2. The smallest absolute Gasteiger partial charge is 0.325 e. The number of ether oxygens (including phenoxy) is 4. The molecule has 40 heavy (non-hydrogen) atoms. The van der Waals surface area contributed by atoms with Crippen molar-refractivity contribution in [1.29, 1.82) is 0 Å². The lowest BCUT2D eigenvalue weighted by atomic mass is 10.0. The molecule has 0 saturated heterocycles. The summed E-state index contributed by atoms with van der Waals surface area (Å²) in [6.45, 7) is 1.27. The molecule has 0 unspecified atom stereocenters. The van der Waals surface area contributed by atoms with Gasteiger partial charge in [0.25, 0.3) is 11.8 Å². The van der Waals surface area contributed by atoms with E-state index in [4.69, 9.17) is 30.4 Å². The molecule has 0 radical (unpaired) electrons. The van der Waals surface area contributed by atoms with Gasteiger partial charge in [0.05, 0.1) is 39.3 Å². The monoisotopic (exact) mass is 571 g/mol. The van der Waals surface area contributed by atoms with Crippen LogP contribution in [0.1, 0.15) is 38.7 Å². The molecule has 0 saturated carbocycles. The summed E-state index contributed by atoms with van der Waals surface area (Å²) in [6, 6.07) is 9.70. The zero-order valence-electron chi connectivity index (χ0n) is 22.3. The molecule has 0 spiro atoms. The third-order valence-corrected chi connectivity index (χ3v) is 6.52. The van der Waals surface area contributed by atoms with Crippen molar-refractivity contribution >= 4 is 46.6 Å². The summed E-state index contributed by atoms with van der Waals surface area (Å²) < 4.78 is 25.3. The zero-order valence-corrected chi connectivity index (χ0v) is 23.1. The Morgan fingerprint density at radius 2 is 1.73 bits per heavy atom. The van der Waals surface area contributed by atoms with Crippen molar-refractivity contribution in [3.63, 3.8) is 0 Å². The van der Waals surface area contributed by atoms with Crippen LogP contribution in [-0.4, -0.2) is 62.5 Å². The molecule has 0 fully saturated rings. The topological polar surface area (TPSA) is 185 Å². The van der Waals surface area contributed by atoms with E-state index in [-0.39, 0.29) is 45.6 Å². The van der Waals surface area contributed by atoms with Crippen molar-refractivity contribution < 1.29 is 38.1 Å². The number of nitrogens with zero attached hydrogens (tertiary/aromatic N) is 2. The van der Waals surface area contributed by atoms with Crippen LogP contribution in [0.15, 0.2) is 42.5 Å². The van der Waals surface area contributed by atoms with Gasteiger partial charge in [-0.1, -0.05) is 12.1 Å². The highest BCUT2D eigenvalue weighted by molar-refractivity contribution is 7.09. The number of hydrogen-bond donors (Lipinski definition) is 3. The summed E-state index contributed by atoms with van der Waals surface area (Å²) in [4.78, 5) is 53.0. The van der Waals surface area contributed by atoms with Crippen LogP contribution in [0, 0.1) is 0 Å². The van der Waals surface area contributed by atoms with Crippen LogP contribution in [0.4, 0.5) is 11.4 Å². The minimum Gasteiger partial charge on any atom is -0.497 e. The molecule has 0 aliphatic rings. The van der Waals surface area contributed by atoms with Gasteiger partial charge < -0.3 is 35.7 Å². The molecule has 0 bridgehead atoms. The van der Waals surface area contributed by atoms with E-state index in [2.05, 4.69) is 9.69 Å². The number of primary amides is 1. The van der Waals surface area contributed by atoms with Crippen molar-refractivity contribution in [2.45, 2.75) is 13.0 Å². The van der Waals surface area contributed by atoms with Crippen LogP contribution in [0.5, 0.6) is 17.2 Å². The molecule has 5 N–H and O–H groups in total. The fourth-order valence-electron chi connectivity index (χ4n) is 3.85. The van der Waals surface area contributed by atoms with Gasteiger partial charge in [0.15, 0.2) is 5.69 Å². The molecule has 14 heteroatoms. The standard InChI is InChI=1S/C26H29N5O8S/c1-5-39-19(32)13-29-25(34)22(15-12-14(36-2)10-11-17(15)37-3)31(16-8-6-7-9-18(16)38-4)26(35)23-20(27)21(24(28)33)30-40-23/h6-12,22H,5,13,27H2,1-4H3,(H2,28,33)(H,29,34)/t22-/m1/s1. The molecule has 0 aliphatic heterocycles. The zero-order chi connectivity index (χ0) is 29.4. The van der Waals surface area contributed by atoms with Gasteiger partial charge in [-0.05, 0) is 48.8 Å². The summed E-state index contributed by atoms with van der Waals surface area (Å²) in [7, 11) is 4.23. The Hall–Kier alpha value is -4.85. The number of rotatable bonds is 12. The fourth-order valence-corrected chi connectivity index (χ4v) is 4.59. The molecule has 2 aromatic carbocycles. The number of nitrogen functional groups attached to an aromatic ring is 1. The van der Waals surface area contributed by atoms with Crippen molar-refractivity contribution in [1.82, 2.24) is 9.69 Å². The van der Waals surface area contributed by atoms with E-state index in [1.807, 2.05) is 0 Å². The van der Waals surface area contributed by atoms with Crippen LogP contribution >= 0.6 is 11.5 Å². The number of esters is 1. The minimum absolute atomic E-state index is 0.112. The van der Waals surface area contributed by atoms with E-state index in [1.54, 1.807) is 43.3 Å². The molecule has 3 amide bonds. The van der Waals surface area contributed by atoms with Crippen LogP contribution in [0.2, 0.25) is 0 Å². The van der Waals surface area contributed by atoms with Crippen LogP contribution in [0.25, 0.3) is 0 Å². The van der Waals surface area contributed by atoms with Crippen LogP contribution in [-0.2, 0) is 14.3 Å². The van der Waals surface area contributed by atoms with Crippen molar-refractivity contribution in [3.05, 3.63) is 58.6 Å². The summed E-state index contributed by atoms with van der Waals surface area (Å²) in [5.74, 6) is -2.33. The van der Waals surface area contributed by atoms with Gasteiger partial charge in [0.2, 0.25) is 5.91 Å². The number of carbonyl (C=O) groups is 4. The van der Waals surface area contributed by atoms with E-state index >= 15 is 0 Å². The fraction of sp³-hybridized carbons (Fsp3) is 0.269. The number of anilines is 2. The van der Waals surface area contributed by atoms with Crippen molar-refractivity contribution in [2.24, 2.45) is 5.73 Å². The maximum absolute atomic E-state index is 14.2. The number of benzene rings is 2. The summed E-state index contributed by atoms with van der Waals surface area (Å²) >= 11 is 0.646. The van der Waals surface area contributed by atoms with E-state index in [0.29, 0.717) is 17.3 Å². The highest BCUT2D eigenvalue weighted by Gasteiger charge is 2.39. The Kier molecular flexibility index (Phi) is 9.86. The summed E-state index contributed by atoms with van der Waals surface area (Å²) in [6.07, 6.45) is 0. The number of aromatic nitrogens is 1. The van der Waals surface area contributed by atoms with Gasteiger partial charge in [0.1, 0.15) is 34.7 Å². The second-order valence-corrected chi connectivity index (χ2v) is 8.79. The van der Waals surface area contributed by atoms with Gasteiger partial charge in [-0.2, -0.15) is 4.37 Å². The van der Waals surface area contributed by atoms with Gasteiger partial charge >= 0.3 is 5.97 Å². The van der Waals surface area contributed by atoms with Crippen molar-refractivity contribution in [2.75, 3.05) is 45.1 Å². The molecule has 13 nitrogen and oxygen atoms in total. The first kappa shape index (κ1) is 29.7. The normalized spacial score (nSPS) is 11.2. The van der Waals surface area contributed by atoms with Gasteiger partial charge in [-0.3, -0.25) is 24.1 Å². The first-order valence-electron chi connectivity index (χ1n) is 11.8. The maximum Gasteiger partial charge on any atom is 0.325 e. The third kappa shape index (κ3) is 6.23. The number of nitrogens with two attached hydrogens (primary N) is 2. The average Bonchev–Trinajstić information content (AvgIpc) is 3.35. The second-order valence-electron chi connectivity index (χ2n) is 8.02. The first-order chi connectivity index (χ1) is 19.2. The predicted molar refractivity (Wildman–Crippen MR) is 147 cm³/mol. The minimum atomic E-state index is -1.47. The maximum atomic E-state index is 14.2. The number of carbonyl (C=O) groups excluding carboxylic acids is 4. The lowest BCUT2D eigenvalue weighted by Gasteiger charge is -2.32. The van der Waals surface area contributed by atoms with Crippen molar-refractivity contribution in [3.8, 4) is 17.2 Å². The Labute approximate surface area is 234 Å². The van der Waals surface area contributed by atoms with Crippen LogP contribution < -0.4 is 35.9 Å². The molecular weight excluding hydrogens is 542 g/mol. The second kappa shape index (κ2) is 13.3. The number of hydrogen-bond acceptors (Lipinski definition) is 11. The van der Waals surface area contributed by atoms with E-state index < -0.39 is 36.3 Å². The number of nitrogens with one attached hydrogen (secondary N) is 1. The summed E-state index contributed by atoms with van der Waals surface area (Å²) in [5, 5.41) is 2.52. The molecular formula is C26H29N5O8S. The van der Waals surface area contributed by atoms with E-state index in [1.165, 1.54) is 27.4 Å². The number of amides is 3. The Morgan fingerprint density at radius 3 is 2.33 bits per heavy atom. The predicted octanol–water partition coefficient (Wildman–Crippen LogP) is 1.92. The molecule has 0 aliphatic carbocycles. The van der Waals surface area contributed by atoms with Gasteiger partial charge in [-0.25, -0.2) is 0 Å². The number of methoxy groups -OCH3 is 3. The highest BCUT2D eigenvalue weighted by Crippen LogP contribution is 2.41. The molecule has 1 heterocycles. The first-order valence-corrected chi connectivity index (χ1v) is 12.6. The van der Waals surface area contributed by atoms with Gasteiger partial charge in [0, 0.05) is 5.56 Å². The molecule has 1 atom stereocenters. The largest absolute Gasteiger partial charge is 0.497 e.